The van der Waals surface area contributed by atoms with Crippen LogP contribution in [0.5, 0.6) is 0 Å². The lowest BCUT2D eigenvalue weighted by Crippen LogP contribution is -2.20. The van der Waals surface area contributed by atoms with Gasteiger partial charge in [-0.25, -0.2) is 0 Å². The van der Waals surface area contributed by atoms with Crippen molar-refractivity contribution in [2.45, 2.75) is 31.2 Å². The molecule has 0 bridgehead atoms. The molecule has 1 unspecified atom stereocenters. The first kappa shape index (κ1) is 10.1. The van der Waals surface area contributed by atoms with E-state index in [2.05, 4.69) is 38.3 Å². The van der Waals surface area contributed by atoms with Crippen LogP contribution in [-0.4, -0.2) is 12.8 Å². The van der Waals surface area contributed by atoms with Crippen LogP contribution in [0.1, 0.15) is 29.2 Å². The van der Waals surface area contributed by atoms with Crippen molar-refractivity contribution in [1.82, 2.24) is 5.32 Å². The molecule has 1 aromatic carbocycles. The molecule has 0 amide bonds. The highest BCUT2D eigenvalue weighted by atomic mass is 32.2. The van der Waals surface area contributed by atoms with Crippen molar-refractivity contribution in [3.05, 3.63) is 28.8 Å². The average Bonchev–Trinajstić information content (AvgIpc) is 2.19. The third-order valence-electron chi connectivity index (χ3n) is 3.01. The lowest BCUT2D eigenvalue weighted by Gasteiger charge is -2.25. The monoisotopic (exact) mass is 207 g/mol. The van der Waals surface area contributed by atoms with E-state index in [1.807, 2.05) is 11.8 Å². The number of benzene rings is 1. The van der Waals surface area contributed by atoms with Gasteiger partial charge in [0.25, 0.3) is 0 Å². The number of rotatable bonds is 1. The van der Waals surface area contributed by atoms with Crippen molar-refractivity contribution < 1.29 is 0 Å². The molecule has 0 fully saturated rings. The van der Waals surface area contributed by atoms with Crippen molar-refractivity contribution in [2.75, 3.05) is 12.8 Å². The number of fused-ring (bicyclic) bond motifs is 1. The number of nitrogens with one attached hydrogen (secondary N) is 1. The van der Waals surface area contributed by atoms with Gasteiger partial charge < -0.3 is 5.32 Å². The van der Waals surface area contributed by atoms with Crippen LogP contribution in [0.3, 0.4) is 0 Å². The summed E-state index contributed by atoms with van der Waals surface area (Å²) in [6, 6.07) is 5.24. The van der Waals surface area contributed by atoms with Gasteiger partial charge in [0, 0.05) is 10.9 Å². The van der Waals surface area contributed by atoms with Gasteiger partial charge in [0.05, 0.1) is 0 Å². The summed E-state index contributed by atoms with van der Waals surface area (Å²) in [7, 11) is 2.06. The minimum Gasteiger partial charge on any atom is -0.313 e. The van der Waals surface area contributed by atoms with Crippen LogP contribution < -0.4 is 5.32 Å². The van der Waals surface area contributed by atoms with Gasteiger partial charge in [-0.1, -0.05) is 6.07 Å². The van der Waals surface area contributed by atoms with Crippen LogP contribution in [-0.2, 0) is 0 Å². The molecular weight excluding hydrogens is 190 g/mol. The topological polar surface area (TPSA) is 12.0 Å². The molecular formula is C12H17NS. The molecule has 0 aliphatic carbocycles. The van der Waals surface area contributed by atoms with E-state index >= 15 is 0 Å². The zero-order valence-corrected chi connectivity index (χ0v) is 9.87. The van der Waals surface area contributed by atoms with E-state index in [0.29, 0.717) is 6.04 Å². The summed E-state index contributed by atoms with van der Waals surface area (Å²) in [6.07, 6.45) is 1.25. The third kappa shape index (κ3) is 1.69. The average molecular weight is 207 g/mol. The summed E-state index contributed by atoms with van der Waals surface area (Å²) in [4.78, 5) is 1.47. The van der Waals surface area contributed by atoms with E-state index in [1.54, 1.807) is 0 Å². The summed E-state index contributed by atoms with van der Waals surface area (Å²) >= 11 is 1.99. The van der Waals surface area contributed by atoms with Gasteiger partial charge >= 0.3 is 0 Å². The van der Waals surface area contributed by atoms with Gasteiger partial charge in [-0.3, -0.25) is 0 Å². The zero-order valence-electron chi connectivity index (χ0n) is 9.05. The highest BCUT2D eigenvalue weighted by Gasteiger charge is 2.19. The molecule has 1 heterocycles. The predicted molar refractivity (Wildman–Crippen MR) is 63.1 cm³/mol. The molecule has 1 aliphatic rings. The Morgan fingerprint density at radius 2 is 2.00 bits per heavy atom. The second-order valence-electron chi connectivity index (χ2n) is 3.95. The maximum atomic E-state index is 3.39. The van der Waals surface area contributed by atoms with Crippen molar-refractivity contribution in [1.29, 1.82) is 0 Å². The van der Waals surface area contributed by atoms with E-state index in [9.17, 15) is 0 Å². The fourth-order valence-corrected chi connectivity index (χ4v) is 3.15. The standard InChI is InChI=1S/C12H17NS/c1-8-6-10-11(13-3)4-5-14-12(10)7-9(8)2/h6-7,11,13H,4-5H2,1-3H3. The van der Waals surface area contributed by atoms with Gasteiger partial charge in [-0.05, 0) is 55.8 Å². The Morgan fingerprint density at radius 3 is 2.71 bits per heavy atom. The summed E-state index contributed by atoms with van der Waals surface area (Å²) in [6.45, 7) is 4.39. The molecule has 1 aromatic rings. The molecule has 2 heteroatoms. The minimum absolute atomic E-state index is 0.561. The van der Waals surface area contributed by atoms with Crippen LogP contribution in [0.25, 0.3) is 0 Å². The van der Waals surface area contributed by atoms with E-state index in [4.69, 9.17) is 0 Å². The molecule has 14 heavy (non-hydrogen) atoms. The molecule has 0 aromatic heterocycles. The molecule has 0 saturated carbocycles. The van der Waals surface area contributed by atoms with Crippen LogP contribution in [0.2, 0.25) is 0 Å². The Labute approximate surface area is 90.3 Å². The summed E-state index contributed by atoms with van der Waals surface area (Å²) in [5.41, 5.74) is 4.31. The number of thioether (sulfide) groups is 1. The summed E-state index contributed by atoms with van der Waals surface area (Å²) < 4.78 is 0. The lowest BCUT2D eigenvalue weighted by atomic mass is 9.99. The maximum Gasteiger partial charge on any atom is 0.0336 e. The van der Waals surface area contributed by atoms with E-state index in [-0.39, 0.29) is 0 Å². The zero-order chi connectivity index (χ0) is 10.1. The van der Waals surface area contributed by atoms with Crippen LogP contribution in [0, 0.1) is 13.8 Å². The number of aryl methyl sites for hydroxylation is 2. The minimum atomic E-state index is 0.561. The molecule has 2 rings (SSSR count). The van der Waals surface area contributed by atoms with Crippen molar-refractivity contribution in [3.8, 4) is 0 Å². The summed E-state index contributed by atoms with van der Waals surface area (Å²) in [5.74, 6) is 1.24. The Morgan fingerprint density at radius 1 is 1.29 bits per heavy atom. The molecule has 76 valence electrons. The molecule has 0 spiro atoms. The van der Waals surface area contributed by atoms with E-state index in [0.717, 1.165) is 0 Å². The second-order valence-corrected chi connectivity index (χ2v) is 5.09. The normalized spacial score (nSPS) is 20.6. The van der Waals surface area contributed by atoms with Crippen molar-refractivity contribution in [3.63, 3.8) is 0 Å². The largest absolute Gasteiger partial charge is 0.313 e. The van der Waals surface area contributed by atoms with Gasteiger partial charge in [0.2, 0.25) is 0 Å². The highest BCUT2D eigenvalue weighted by Crippen LogP contribution is 2.37. The maximum absolute atomic E-state index is 3.39. The van der Waals surface area contributed by atoms with E-state index < -0.39 is 0 Å². The number of hydrogen-bond acceptors (Lipinski definition) is 2. The Hall–Kier alpha value is -0.470. The first-order valence-electron chi connectivity index (χ1n) is 5.13. The SMILES string of the molecule is CNC1CCSc2cc(C)c(C)cc21. The molecule has 1 aliphatic heterocycles. The fourth-order valence-electron chi connectivity index (χ4n) is 1.95. The van der Waals surface area contributed by atoms with E-state index in [1.165, 1.54) is 33.8 Å². The van der Waals surface area contributed by atoms with Crippen LogP contribution in [0.15, 0.2) is 17.0 Å². The van der Waals surface area contributed by atoms with Crippen LogP contribution in [0.4, 0.5) is 0 Å². The molecule has 1 atom stereocenters. The highest BCUT2D eigenvalue weighted by molar-refractivity contribution is 7.99. The molecule has 0 saturated heterocycles. The molecule has 0 radical (unpaired) electrons. The third-order valence-corrected chi connectivity index (χ3v) is 4.12. The predicted octanol–water partition coefficient (Wildman–Crippen LogP) is 3.06. The van der Waals surface area contributed by atoms with Gasteiger partial charge in [0.15, 0.2) is 0 Å². The molecule has 1 nitrogen and oxygen atoms in total. The number of hydrogen-bond donors (Lipinski definition) is 1. The fraction of sp³-hybridized carbons (Fsp3) is 0.500. The lowest BCUT2D eigenvalue weighted by molar-refractivity contribution is 0.564. The Balaban J connectivity index is 2.47. The molecule has 1 N–H and O–H groups in total. The van der Waals surface area contributed by atoms with Gasteiger partial charge in [-0.2, -0.15) is 0 Å². The van der Waals surface area contributed by atoms with Crippen LogP contribution >= 0.6 is 11.8 Å². The Kier molecular flexibility index (Phi) is 2.84. The first-order valence-corrected chi connectivity index (χ1v) is 6.12. The Bertz CT molecular complexity index is 346. The smallest absolute Gasteiger partial charge is 0.0336 e. The quantitative estimate of drug-likeness (QED) is 0.759. The van der Waals surface area contributed by atoms with Gasteiger partial charge in [0.1, 0.15) is 0 Å². The first-order chi connectivity index (χ1) is 6.72. The van der Waals surface area contributed by atoms with Crippen molar-refractivity contribution >= 4 is 11.8 Å². The van der Waals surface area contributed by atoms with Gasteiger partial charge in [-0.15, -0.1) is 11.8 Å². The van der Waals surface area contributed by atoms with Crippen molar-refractivity contribution in [2.24, 2.45) is 0 Å². The second kappa shape index (κ2) is 3.95. The summed E-state index contributed by atoms with van der Waals surface area (Å²) in [5, 5.41) is 3.39.